The summed E-state index contributed by atoms with van der Waals surface area (Å²) in [5.41, 5.74) is -0.0626. The summed E-state index contributed by atoms with van der Waals surface area (Å²) in [6, 6.07) is 7.37. The molecule has 0 aliphatic rings. The molecule has 0 radical (unpaired) electrons. The van der Waals surface area contributed by atoms with E-state index < -0.39 is 33.1 Å². The number of aromatic nitrogens is 1. The monoisotopic (exact) mass is 487 g/mol. The minimum Gasteiger partial charge on any atom is -0.309 e. The van der Waals surface area contributed by atoms with Crippen LogP contribution in [0.5, 0.6) is 0 Å². The standard InChI is InChI=1S/C20H20ClF2N3O3S2/c1-25(2)8-3-9-26(20-24-19-16(23)10-14(22)11-17(19)30-20)18(27)12-31(28,29)15-6-4-13(21)5-7-15/h4-7,10-11H,3,8-9,12H2,1-2H3. The van der Waals surface area contributed by atoms with Crippen LogP contribution in [0.4, 0.5) is 13.9 Å². The molecule has 6 nitrogen and oxygen atoms in total. The maximum Gasteiger partial charge on any atom is 0.244 e. The predicted molar refractivity (Wildman–Crippen MR) is 119 cm³/mol. The number of benzene rings is 2. The number of fused-ring (bicyclic) bond motifs is 1. The van der Waals surface area contributed by atoms with Crippen LogP contribution in [0.1, 0.15) is 6.42 Å². The fourth-order valence-corrected chi connectivity index (χ4v) is 5.27. The normalized spacial score (nSPS) is 11.9. The average Bonchev–Trinajstić information content (AvgIpc) is 3.08. The molecule has 0 unspecified atom stereocenters. The number of sulfone groups is 1. The highest BCUT2D eigenvalue weighted by molar-refractivity contribution is 7.92. The number of carbonyl (C=O) groups excluding carboxylic acids is 1. The number of hydrogen-bond acceptors (Lipinski definition) is 6. The Hall–Kier alpha value is -2.14. The molecule has 0 saturated carbocycles. The van der Waals surface area contributed by atoms with Crippen molar-refractivity contribution in [1.29, 1.82) is 0 Å². The highest BCUT2D eigenvalue weighted by Gasteiger charge is 2.27. The number of rotatable bonds is 8. The van der Waals surface area contributed by atoms with Gasteiger partial charge in [-0.2, -0.15) is 0 Å². The third-order valence-electron chi connectivity index (χ3n) is 4.41. The van der Waals surface area contributed by atoms with Crippen molar-refractivity contribution in [2.45, 2.75) is 11.3 Å². The third-order valence-corrected chi connectivity index (χ3v) is 7.30. The lowest BCUT2D eigenvalue weighted by atomic mass is 10.3. The van der Waals surface area contributed by atoms with E-state index in [9.17, 15) is 22.0 Å². The van der Waals surface area contributed by atoms with Gasteiger partial charge in [0.15, 0.2) is 20.8 Å². The van der Waals surface area contributed by atoms with Crippen LogP contribution in [0.25, 0.3) is 10.2 Å². The van der Waals surface area contributed by atoms with Crippen LogP contribution >= 0.6 is 22.9 Å². The Morgan fingerprint density at radius 3 is 2.45 bits per heavy atom. The van der Waals surface area contributed by atoms with Crippen molar-refractivity contribution in [2.75, 3.05) is 37.8 Å². The van der Waals surface area contributed by atoms with Crippen molar-refractivity contribution in [3.63, 3.8) is 0 Å². The smallest absolute Gasteiger partial charge is 0.244 e. The molecular formula is C20H20ClF2N3O3S2. The van der Waals surface area contributed by atoms with Crippen LogP contribution in [0, 0.1) is 11.6 Å². The van der Waals surface area contributed by atoms with Gasteiger partial charge in [0.2, 0.25) is 5.91 Å². The molecule has 0 aliphatic heterocycles. The van der Waals surface area contributed by atoms with Crippen LogP contribution in [-0.4, -0.2) is 57.1 Å². The van der Waals surface area contributed by atoms with E-state index in [1.54, 1.807) is 0 Å². The molecule has 1 amide bonds. The minimum atomic E-state index is -3.93. The molecule has 11 heteroatoms. The molecule has 0 aliphatic carbocycles. The van der Waals surface area contributed by atoms with Gasteiger partial charge in [-0.1, -0.05) is 22.9 Å². The molecule has 3 aromatic rings. The maximum atomic E-state index is 14.1. The van der Waals surface area contributed by atoms with Gasteiger partial charge >= 0.3 is 0 Å². The van der Waals surface area contributed by atoms with Crippen LogP contribution < -0.4 is 4.90 Å². The maximum absolute atomic E-state index is 14.1. The van der Waals surface area contributed by atoms with Crippen LogP contribution in [0.15, 0.2) is 41.3 Å². The van der Waals surface area contributed by atoms with Crippen molar-refractivity contribution in [1.82, 2.24) is 9.88 Å². The second-order valence-electron chi connectivity index (χ2n) is 7.15. The highest BCUT2D eigenvalue weighted by atomic mass is 35.5. The topological polar surface area (TPSA) is 70.6 Å². The third kappa shape index (κ3) is 5.76. The van der Waals surface area contributed by atoms with E-state index in [0.29, 0.717) is 18.0 Å². The van der Waals surface area contributed by atoms with E-state index in [4.69, 9.17) is 11.6 Å². The zero-order chi connectivity index (χ0) is 22.8. The van der Waals surface area contributed by atoms with Gasteiger partial charge in [-0.25, -0.2) is 22.2 Å². The Morgan fingerprint density at radius 1 is 1.13 bits per heavy atom. The van der Waals surface area contributed by atoms with E-state index >= 15 is 0 Å². The lowest BCUT2D eigenvalue weighted by Gasteiger charge is -2.21. The van der Waals surface area contributed by atoms with Gasteiger partial charge in [-0.15, -0.1) is 0 Å². The largest absolute Gasteiger partial charge is 0.309 e. The van der Waals surface area contributed by atoms with Crippen LogP contribution in [-0.2, 0) is 14.6 Å². The summed E-state index contributed by atoms with van der Waals surface area (Å²) in [5.74, 6) is -3.08. The number of carbonyl (C=O) groups is 1. The van der Waals surface area contributed by atoms with E-state index in [-0.39, 0.29) is 26.8 Å². The summed E-state index contributed by atoms with van der Waals surface area (Å²) >= 11 is 6.74. The number of halogens is 3. The van der Waals surface area contributed by atoms with Crippen molar-refractivity contribution in [3.05, 3.63) is 53.1 Å². The summed E-state index contributed by atoms with van der Waals surface area (Å²) in [7, 11) is -0.197. The van der Waals surface area contributed by atoms with Crippen LogP contribution in [0.3, 0.4) is 0 Å². The first-order valence-electron chi connectivity index (χ1n) is 9.26. The van der Waals surface area contributed by atoms with Crippen molar-refractivity contribution < 1.29 is 22.0 Å². The number of amides is 1. The number of anilines is 1. The van der Waals surface area contributed by atoms with Crippen molar-refractivity contribution in [2.24, 2.45) is 0 Å². The molecule has 1 aromatic heterocycles. The molecule has 166 valence electrons. The van der Waals surface area contributed by atoms with Gasteiger partial charge in [-0.05, 0) is 57.4 Å². The molecule has 0 bridgehead atoms. The second-order valence-corrected chi connectivity index (χ2v) is 10.6. The number of nitrogens with zero attached hydrogens (tertiary/aromatic N) is 3. The summed E-state index contributed by atoms with van der Waals surface area (Å²) < 4.78 is 53.3. The van der Waals surface area contributed by atoms with E-state index in [1.807, 2.05) is 19.0 Å². The number of hydrogen-bond donors (Lipinski definition) is 0. The molecule has 3 rings (SSSR count). The first kappa shape index (κ1) is 23.5. The van der Waals surface area contributed by atoms with Gasteiger partial charge in [0.1, 0.15) is 17.1 Å². The molecule has 0 fully saturated rings. The predicted octanol–water partition coefficient (Wildman–Crippen LogP) is 3.99. The first-order valence-corrected chi connectivity index (χ1v) is 12.1. The summed E-state index contributed by atoms with van der Waals surface area (Å²) in [6.07, 6.45) is 0.534. The molecule has 0 saturated heterocycles. The zero-order valence-electron chi connectivity index (χ0n) is 16.8. The van der Waals surface area contributed by atoms with Gasteiger partial charge in [0, 0.05) is 17.6 Å². The fraction of sp³-hybridized carbons (Fsp3) is 0.300. The molecule has 1 heterocycles. The Bertz CT molecular complexity index is 1200. The van der Waals surface area contributed by atoms with Gasteiger partial charge in [0.25, 0.3) is 0 Å². The number of thiazole rings is 1. The lowest BCUT2D eigenvalue weighted by Crippen LogP contribution is -2.37. The zero-order valence-corrected chi connectivity index (χ0v) is 19.2. The SMILES string of the molecule is CN(C)CCCN(C(=O)CS(=O)(=O)c1ccc(Cl)cc1)c1nc2c(F)cc(F)cc2s1. The summed E-state index contributed by atoms with van der Waals surface area (Å²) in [5, 5.41) is 0.494. The van der Waals surface area contributed by atoms with Crippen molar-refractivity contribution in [3.8, 4) is 0 Å². The molecule has 2 aromatic carbocycles. The first-order chi connectivity index (χ1) is 14.6. The Morgan fingerprint density at radius 2 is 1.81 bits per heavy atom. The van der Waals surface area contributed by atoms with Gasteiger partial charge in [-0.3, -0.25) is 9.69 Å². The Kier molecular flexibility index (Phi) is 7.25. The minimum absolute atomic E-state index is 0.0316. The van der Waals surface area contributed by atoms with Crippen LogP contribution in [0.2, 0.25) is 5.02 Å². The quantitative estimate of drug-likeness (QED) is 0.480. The van der Waals surface area contributed by atoms with E-state index in [1.165, 1.54) is 29.2 Å². The molecular weight excluding hydrogens is 468 g/mol. The molecule has 0 atom stereocenters. The lowest BCUT2D eigenvalue weighted by molar-refractivity contribution is -0.116. The van der Waals surface area contributed by atoms with E-state index in [2.05, 4.69) is 4.98 Å². The molecule has 0 N–H and O–H groups in total. The average molecular weight is 488 g/mol. The highest BCUT2D eigenvalue weighted by Crippen LogP contribution is 2.31. The molecule has 0 spiro atoms. The summed E-state index contributed by atoms with van der Waals surface area (Å²) in [6.45, 7) is 0.818. The van der Waals surface area contributed by atoms with Crippen molar-refractivity contribution >= 4 is 54.0 Å². The summed E-state index contributed by atoms with van der Waals surface area (Å²) in [4.78, 5) is 20.3. The van der Waals surface area contributed by atoms with Gasteiger partial charge < -0.3 is 4.90 Å². The fourth-order valence-electron chi connectivity index (χ4n) is 2.90. The Labute approximate surface area is 188 Å². The Balaban J connectivity index is 1.92. The van der Waals surface area contributed by atoms with Gasteiger partial charge in [0.05, 0.1) is 9.60 Å². The second kappa shape index (κ2) is 9.56. The molecule has 31 heavy (non-hydrogen) atoms. The van der Waals surface area contributed by atoms with E-state index in [0.717, 1.165) is 23.5 Å².